The van der Waals surface area contributed by atoms with E-state index in [4.69, 9.17) is 11.6 Å². The van der Waals surface area contributed by atoms with E-state index in [9.17, 15) is 14.7 Å². The van der Waals surface area contributed by atoms with Gasteiger partial charge < -0.3 is 5.11 Å². The Bertz CT molecular complexity index is 645. The highest BCUT2D eigenvalue weighted by molar-refractivity contribution is 9.10. The van der Waals surface area contributed by atoms with Gasteiger partial charge in [0.25, 0.3) is 11.1 Å². The molecule has 1 N–H and O–H groups in total. The van der Waals surface area contributed by atoms with Gasteiger partial charge in [0.05, 0.1) is 9.38 Å². The van der Waals surface area contributed by atoms with Crippen LogP contribution in [0.25, 0.3) is 6.08 Å². The molecule has 0 aliphatic carbocycles. The third-order valence-electron chi connectivity index (χ3n) is 2.53. The molecule has 1 aromatic carbocycles. The van der Waals surface area contributed by atoms with Gasteiger partial charge in [0.1, 0.15) is 5.75 Å². The highest BCUT2D eigenvalue weighted by atomic mass is 79.9. The number of halogens is 2. The fourth-order valence-corrected chi connectivity index (χ4v) is 3.30. The van der Waals surface area contributed by atoms with Crippen LogP contribution < -0.4 is 0 Å². The Balaban J connectivity index is 2.40. The second kappa shape index (κ2) is 6.03. The van der Waals surface area contributed by atoms with Crippen LogP contribution in [0.3, 0.4) is 0 Å². The summed E-state index contributed by atoms with van der Waals surface area (Å²) in [5, 5.41) is 9.97. The van der Waals surface area contributed by atoms with E-state index in [1.165, 1.54) is 24.3 Å². The first-order chi connectivity index (χ1) is 9.43. The van der Waals surface area contributed by atoms with Crippen molar-refractivity contribution in [1.82, 2.24) is 4.90 Å². The number of carbonyl (C=O) groups excluding carboxylic acids is 2. The van der Waals surface area contributed by atoms with Gasteiger partial charge in [-0.05, 0) is 45.9 Å². The zero-order valence-corrected chi connectivity index (χ0v) is 13.3. The molecule has 0 saturated carbocycles. The monoisotopic (exact) mass is 373 g/mol. The lowest BCUT2D eigenvalue weighted by molar-refractivity contribution is -0.122. The molecule has 1 heterocycles. The highest BCUT2D eigenvalue weighted by Gasteiger charge is 2.34. The number of hydrogen-bond acceptors (Lipinski definition) is 4. The molecule has 0 aromatic heterocycles. The fraction of sp³-hybridized carbons (Fsp3) is 0.0769. The van der Waals surface area contributed by atoms with Gasteiger partial charge in [-0.25, -0.2) is 0 Å². The van der Waals surface area contributed by atoms with Crippen LogP contribution >= 0.6 is 39.3 Å². The molecule has 1 aromatic rings. The lowest BCUT2D eigenvalue weighted by Crippen LogP contribution is -2.27. The molecule has 2 amide bonds. The van der Waals surface area contributed by atoms with Crippen LogP contribution in [0.1, 0.15) is 5.56 Å². The molecule has 0 unspecified atom stereocenters. The van der Waals surface area contributed by atoms with Crippen molar-refractivity contribution in [1.29, 1.82) is 0 Å². The minimum absolute atomic E-state index is 0.0371. The van der Waals surface area contributed by atoms with E-state index in [-0.39, 0.29) is 22.4 Å². The number of thioether (sulfide) groups is 1. The number of nitrogens with zero attached hydrogens (tertiary/aromatic N) is 1. The SMILES string of the molecule is C=CCN1C(=O)SC(=Cc2cc(Cl)cc(Br)c2O)C1=O. The molecule has 0 radical (unpaired) electrons. The van der Waals surface area contributed by atoms with Gasteiger partial charge in [-0.1, -0.05) is 17.7 Å². The van der Waals surface area contributed by atoms with Crippen molar-refractivity contribution in [2.75, 3.05) is 6.54 Å². The van der Waals surface area contributed by atoms with Gasteiger partial charge in [-0.3, -0.25) is 14.5 Å². The zero-order chi connectivity index (χ0) is 14.9. The van der Waals surface area contributed by atoms with Crippen LogP contribution in [0, 0.1) is 0 Å². The molecule has 0 atom stereocenters. The predicted molar refractivity (Wildman–Crippen MR) is 83.7 cm³/mol. The van der Waals surface area contributed by atoms with Gasteiger partial charge in [-0.15, -0.1) is 6.58 Å². The van der Waals surface area contributed by atoms with Crippen molar-refractivity contribution in [2.24, 2.45) is 0 Å². The first kappa shape index (κ1) is 15.2. The molecule has 4 nitrogen and oxygen atoms in total. The Labute approximate surface area is 133 Å². The molecule has 1 aliphatic heterocycles. The van der Waals surface area contributed by atoms with Crippen LogP contribution in [0.15, 0.2) is 34.2 Å². The summed E-state index contributed by atoms with van der Waals surface area (Å²) >= 11 is 9.88. The number of rotatable bonds is 3. The predicted octanol–water partition coefficient (Wildman–Crippen LogP) is 4.03. The van der Waals surface area contributed by atoms with E-state index in [1.807, 2.05) is 0 Å². The molecule has 0 bridgehead atoms. The minimum atomic E-state index is -0.407. The number of phenols is 1. The van der Waals surface area contributed by atoms with Gasteiger partial charge in [-0.2, -0.15) is 0 Å². The number of hydrogen-bond donors (Lipinski definition) is 1. The van der Waals surface area contributed by atoms with Gasteiger partial charge in [0.15, 0.2) is 0 Å². The lowest BCUT2D eigenvalue weighted by atomic mass is 10.2. The molecule has 7 heteroatoms. The van der Waals surface area contributed by atoms with Gasteiger partial charge in [0, 0.05) is 17.1 Å². The summed E-state index contributed by atoms with van der Waals surface area (Å²) in [5.74, 6) is -0.444. The molecule has 1 saturated heterocycles. The number of carbonyl (C=O) groups is 2. The topological polar surface area (TPSA) is 57.6 Å². The summed E-state index contributed by atoms with van der Waals surface area (Å²) in [6.07, 6.45) is 2.92. The molecule has 20 heavy (non-hydrogen) atoms. The molecular weight excluding hydrogens is 366 g/mol. The number of benzene rings is 1. The van der Waals surface area contributed by atoms with E-state index in [0.29, 0.717) is 15.1 Å². The summed E-state index contributed by atoms with van der Waals surface area (Å²) in [6.45, 7) is 3.66. The maximum Gasteiger partial charge on any atom is 0.293 e. The van der Waals surface area contributed by atoms with Crippen molar-refractivity contribution in [2.45, 2.75) is 0 Å². The van der Waals surface area contributed by atoms with Crippen LogP contribution in [0.4, 0.5) is 4.79 Å². The molecule has 1 aliphatic rings. The average Bonchev–Trinajstić information content (AvgIpc) is 2.63. The number of imide groups is 1. The van der Waals surface area contributed by atoms with Crippen LogP contribution in [0.5, 0.6) is 5.75 Å². The van der Waals surface area contributed by atoms with Crippen LogP contribution in [0.2, 0.25) is 5.02 Å². The summed E-state index contributed by atoms with van der Waals surface area (Å²) < 4.78 is 0.418. The van der Waals surface area contributed by atoms with Crippen molar-refractivity contribution >= 4 is 56.5 Å². The molecule has 2 rings (SSSR count). The third kappa shape index (κ3) is 2.92. The molecule has 1 fully saturated rings. The molecular formula is C13H9BrClNO3S. The van der Waals surface area contributed by atoms with Gasteiger partial charge >= 0.3 is 0 Å². The maximum absolute atomic E-state index is 12.0. The minimum Gasteiger partial charge on any atom is -0.506 e. The van der Waals surface area contributed by atoms with Crippen molar-refractivity contribution in [3.05, 3.63) is 44.8 Å². The second-order valence-electron chi connectivity index (χ2n) is 3.91. The normalized spacial score (nSPS) is 17.1. The van der Waals surface area contributed by atoms with Gasteiger partial charge in [0.2, 0.25) is 0 Å². The summed E-state index contributed by atoms with van der Waals surface area (Å²) in [7, 11) is 0. The first-order valence-corrected chi connectivity index (χ1v) is 7.47. The standard InChI is InChI=1S/C13H9BrClNO3S/c1-2-3-16-12(18)10(20-13(16)19)5-7-4-8(15)6-9(14)11(7)17/h2,4-6,17H,1,3H2. The van der Waals surface area contributed by atoms with Crippen molar-refractivity contribution in [3.63, 3.8) is 0 Å². The third-order valence-corrected chi connectivity index (χ3v) is 4.26. The number of phenolic OH excluding ortho intramolecular Hbond substituents is 1. The first-order valence-electron chi connectivity index (χ1n) is 5.48. The average molecular weight is 375 g/mol. The Morgan fingerprint density at radius 3 is 2.80 bits per heavy atom. The molecule has 0 spiro atoms. The lowest BCUT2D eigenvalue weighted by Gasteiger charge is -2.08. The molecule has 104 valence electrons. The van der Waals surface area contributed by atoms with E-state index >= 15 is 0 Å². The largest absolute Gasteiger partial charge is 0.506 e. The Morgan fingerprint density at radius 1 is 1.45 bits per heavy atom. The maximum atomic E-state index is 12.0. The van der Waals surface area contributed by atoms with E-state index < -0.39 is 5.91 Å². The fourth-order valence-electron chi connectivity index (χ4n) is 1.62. The highest BCUT2D eigenvalue weighted by Crippen LogP contribution is 2.37. The quantitative estimate of drug-likeness (QED) is 0.641. The van der Waals surface area contributed by atoms with Crippen LogP contribution in [-0.4, -0.2) is 27.7 Å². The second-order valence-corrected chi connectivity index (χ2v) is 6.19. The van der Waals surface area contributed by atoms with E-state index in [1.54, 1.807) is 0 Å². The smallest absolute Gasteiger partial charge is 0.293 e. The Morgan fingerprint density at radius 2 is 2.15 bits per heavy atom. The van der Waals surface area contributed by atoms with E-state index in [2.05, 4.69) is 22.5 Å². The van der Waals surface area contributed by atoms with Crippen LogP contribution in [-0.2, 0) is 4.79 Å². The summed E-state index contributed by atoms with van der Waals surface area (Å²) in [5.41, 5.74) is 0.369. The van der Waals surface area contributed by atoms with Crippen molar-refractivity contribution < 1.29 is 14.7 Å². The Hall–Kier alpha value is -1.24. The number of aromatic hydroxyl groups is 1. The number of amides is 2. The van der Waals surface area contributed by atoms with E-state index in [0.717, 1.165) is 16.7 Å². The zero-order valence-electron chi connectivity index (χ0n) is 10.1. The summed E-state index contributed by atoms with van der Waals surface area (Å²) in [6, 6.07) is 3.06. The Kier molecular flexibility index (Phi) is 4.57. The van der Waals surface area contributed by atoms with Crippen molar-refractivity contribution in [3.8, 4) is 5.75 Å². The summed E-state index contributed by atoms with van der Waals surface area (Å²) in [4.78, 5) is 25.0.